The van der Waals surface area contributed by atoms with Gasteiger partial charge in [-0.25, -0.2) is 9.59 Å². The number of carboxylic acids is 2. The summed E-state index contributed by atoms with van der Waals surface area (Å²) in [4.78, 5) is 32.3. The topological polar surface area (TPSA) is 115 Å². The minimum Gasteiger partial charge on any atom is -0.481 e. The summed E-state index contributed by atoms with van der Waals surface area (Å²) in [6, 6.07) is -1.24. The zero-order valence-corrected chi connectivity index (χ0v) is 7.08. The van der Waals surface area contributed by atoms with Crippen molar-refractivity contribution in [2.75, 3.05) is 6.54 Å². The minimum absolute atomic E-state index is 0.170. The fourth-order valence-corrected chi connectivity index (χ4v) is 1.46. The van der Waals surface area contributed by atoms with Gasteiger partial charge < -0.3 is 15.3 Å². The van der Waals surface area contributed by atoms with Gasteiger partial charge in [-0.1, -0.05) is 0 Å². The zero-order valence-electron chi connectivity index (χ0n) is 7.08. The van der Waals surface area contributed by atoms with E-state index < -0.39 is 30.0 Å². The Morgan fingerprint density at radius 3 is 1.93 bits per heavy atom. The van der Waals surface area contributed by atoms with Gasteiger partial charge in [0, 0.05) is 6.54 Å². The molecule has 1 saturated heterocycles. The van der Waals surface area contributed by atoms with Crippen LogP contribution in [0.1, 0.15) is 6.42 Å². The van der Waals surface area contributed by atoms with Gasteiger partial charge in [-0.15, -0.1) is 0 Å². The molecule has 1 amide bonds. The first-order valence-corrected chi connectivity index (χ1v) is 3.88. The third-order valence-electron chi connectivity index (χ3n) is 2.18. The van der Waals surface area contributed by atoms with Crippen LogP contribution in [0.15, 0.2) is 0 Å². The predicted molar refractivity (Wildman–Crippen MR) is 41.9 cm³/mol. The molecule has 0 aromatic rings. The zero-order chi connectivity index (χ0) is 10.9. The lowest BCUT2D eigenvalue weighted by molar-refractivity contribution is -0.141. The SMILES string of the molecule is O=C(O)[C@H]1C[C@@H](C(=O)O)N(C(=O)O)C1. The molecule has 0 aromatic heterocycles. The third kappa shape index (κ3) is 1.76. The average molecular weight is 203 g/mol. The molecule has 1 rings (SSSR count). The van der Waals surface area contributed by atoms with E-state index in [4.69, 9.17) is 15.3 Å². The number of hydrogen-bond donors (Lipinski definition) is 3. The van der Waals surface area contributed by atoms with Crippen molar-refractivity contribution in [3.8, 4) is 0 Å². The Labute approximate surface area is 78.6 Å². The lowest BCUT2D eigenvalue weighted by Crippen LogP contribution is -2.39. The number of aliphatic carboxylic acids is 2. The summed E-state index contributed by atoms with van der Waals surface area (Å²) in [5, 5.41) is 25.8. The first kappa shape index (κ1) is 10.3. The highest BCUT2D eigenvalue weighted by Crippen LogP contribution is 2.23. The summed E-state index contributed by atoms with van der Waals surface area (Å²) < 4.78 is 0. The monoisotopic (exact) mass is 203 g/mol. The molecule has 7 heteroatoms. The lowest BCUT2D eigenvalue weighted by Gasteiger charge is -2.16. The fraction of sp³-hybridized carbons (Fsp3) is 0.571. The maximum absolute atomic E-state index is 10.6. The second-order valence-electron chi connectivity index (χ2n) is 3.06. The van der Waals surface area contributed by atoms with Crippen molar-refractivity contribution in [3.05, 3.63) is 0 Å². The first-order valence-electron chi connectivity index (χ1n) is 3.88. The Bertz CT molecular complexity index is 266. The number of carboxylic acid groups (broad SMARTS) is 3. The van der Waals surface area contributed by atoms with E-state index in [1.165, 1.54) is 0 Å². The molecule has 1 fully saturated rings. The van der Waals surface area contributed by atoms with Crippen molar-refractivity contribution in [3.63, 3.8) is 0 Å². The van der Waals surface area contributed by atoms with Crippen molar-refractivity contribution in [1.29, 1.82) is 0 Å². The van der Waals surface area contributed by atoms with Crippen molar-refractivity contribution in [2.24, 2.45) is 5.92 Å². The van der Waals surface area contributed by atoms with Gasteiger partial charge in [0.05, 0.1) is 5.92 Å². The lowest BCUT2D eigenvalue weighted by atomic mass is 10.1. The van der Waals surface area contributed by atoms with E-state index in [0.717, 1.165) is 0 Å². The van der Waals surface area contributed by atoms with Crippen LogP contribution in [0.5, 0.6) is 0 Å². The van der Waals surface area contributed by atoms with Crippen LogP contribution in [-0.4, -0.2) is 50.8 Å². The van der Waals surface area contributed by atoms with E-state index in [9.17, 15) is 14.4 Å². The fourth-order valence-electron chi connectivity index (χ4n) is 1.46. The van der Waals surface area contributed by atoms with Crippen molar-refractivity contribution < 1.29 is 29.7 Å². The molecule has 0 unspecified atom stereocenters. The molecule has 3 N–H and O–H groups in total. The average Bonchev–Trinajstić information content (AvgIpc) is 2.47. The van der Waals surface area contributed by atoms with Gasteiger partial charge in [-0.3, -0.25) is 9.69 Å². The summed E-state index contributed by atoms with van der Waals surface area (Å²) in [7, 11) is 0. The smallest absolute Gasteiger partial charge is 0.408 e. The quantitative estimate of drug-likeness (QED) is 0.558. The minimum atomic E-state index is -1.40. The second kappa shape index (κ2) is 3.52. The normalized spacial score (nSPS) is 26.1. The Hall–Kier alpha value is -1.79. The molecular weight excluding hydrogens is 194 g/mol. The molecule has 0 aromatic carbocycles. The van der Waals surface area contributed by atoms with Gasteiger partial charge in [0.1, 0.15) is 6.04 Å². The van der Waals surface area contributed by atoms with Crippen LogP contribution in [0.4, 0.5) is 4.79 Å². The van der Waals surface area contributed by atoms with Gasteiger partial charge >= 0.3 is 18.0 Å². The summed E-state index contributed by atoms with van der Waals surface area (Å²) in [5.41, 5.74) is 0. The molecule has 1 heterocycles. The predicted octanol–water partition coefficient (Wildman–Crippen LogP) is -0.476. The van der Waals surface area contributed by atoms with Gasteiger partial charge in [0.2, 0.25) is 0 Å². The number of nitrogens with zero attached hydrogens (tertiary/aromatic N) is 1. The number of rotatable bonds is 2. The van der Waals surface area contributed by atoms with Crippen LogP contribution in [0.2, 0.25) is 0 Å². The molecule has 2 atom stereocenters. The third-order valence-corrected chi connectivity index (χ3v) is 2.18. The standard InChI is InChI=1S/C7H9NO6/c9-5(10)3-1-4(6(11)12)8(2-3)7(13)14/h3-4H,1-2H2,(H,9,10)(H,11,12)(H,13,14)/t3-,4-/m0/s1. The van der Waals surface area contributed by atoms with E-state index in [1.807, 2.05) is 0 Å². The molecule has 0 radical (unpaired) electrons. The molecule has 1 aliphatic rings. The molecule has 0 saturated carbocycles. The van der Waals surface area contributed by atoms with Crippen LogP contribution in [0, 0.1) is 5.92 Å². The summed E-state index contributed by atoms with van der Waals surface area (Å²) in [6.07, 6.45) is -1.57. The van der Waals surface area contributed by atoms with Crippen molar-refractivity contribution in [1.82, 2.24) is 4.90 Å². The van der Waals surface area contributed by atoms with Crippen molar-refractivity contribution >= 4 is 18.0 Å². The molecule has 7 nitrogen and oxygen atoms in total. The Kier molecular flexibility index (Phi) is 2.59. The van der Waals surface area contributed by atoms with E-state index in [2.05, 4.69) is 0 Å². The van der Waals surface area contributed by atoms with E-state index in [0.29, 0.717) is 4.90 Å². The summed E-state index contributed by atoms with van der Waals surface area (Å²) in [6.45, 7) is -0.262. The highest BCUT2D eigenvalue weighted by Gasteiger charge is 2.42. The summed E-state index contributed by atoms with van der Waals surface area (Å²) >= 11 is 0. The Balaban J connectivity index is 2.80. The van der Waals surface area contributed by atoms with E-state index >= 15 is 0 Å². The van der Waals surface area contributed by atoms with Gasteiger partial charge in [-0.05, 0) is 6.42 Å². The molecule has 1 aliphatic heterocycles. The molecular formula is C7H9NO6. The maximum Gasteiger partial charge on any atom is 0.408 e. The largest absolute Gasteiger partial charge is 0.481 e. The van der Waals surface area contributed by atoms with Crippen LogP contribution >= 0.6 is 0 Å². The molecule has 14 heavy (non-hydrogen) atoms. The van der Waals surface area contributed by atoms with Gasteiger partial charge in [0.25, 0.3) is 0 Å². The Morgan fingerprint density at radius 2 is 1.64 bits per heavy atom. The summed E-state index contributed by atoms with van der Waals surface area (Å²) in [5.74, 6) is -3.40. The van der Waals surface area contributed by atoms with Gasteiger partial charge in [-0.2, -0.15) is 0 Å². The van der Waals surface area contributed by atoms with Crippen LogP contribution in [-0.2, 0) is 9.59 Å². The van der Waals surface area contributed by atoms with Crippen molar-refractivity contribution in [2.45, 2.75) is 12.5 Å². The number of amides is 1. The van der Waals surface area contributed by atoms with Crippen LogP contribution in [0.3, 0.4) is 0 Å². The molecule has 0 spiro atoms. The van der Waals surface area contributed by atoms with E-state index in [1.54, 1.807) is 0 Å². The number of hydrogen-bond acceptors (Lipinski definition) is 3. The molecule has 0 bridgehead atoms. The maximum atomic E-state index is 10.6. The van der Waals surface area contributed by atoms with Crippen LogP contribution < -0.4 is 0 Å². The highest BCUT2D eigenvalue weighted by atomic mass is 16.4. The van der Waals surface area contributed by atoms with Gasteiger partial charge in [0.15, 0.2) is 0 Å². The number of likely N-dealkylation sites (tertiary alicyclic amines) is 1. The first-order chi connectivity index (χ1) is 6.43. The van der Waals surface area contributed by atoms with Crippen LogP contribution in [0.25, 0.3) is 0 Å². The Morgan fingerprint density at radius 1 is 1.07 bits per heavy atom. The molecule has 0 aliphatic carbocycles. The highest BCUT2D eigenvalue weighted by molar-refractivity contribution is 5.82. The molecule has 78 valence electrons. The second-order valence-corrected chi connectivity index (χ2v) is 3.06. The van der Waals surface area contributed by atoms with E-state index in [-0.39, 0.29) is 13.0 Å². The number of carbonyl (C=O) groups is 3.